The van der Waals surface area contributed by atoms with Crippen LogP contribution in [-0.4, -0.2) is 39.9 Å². The molecule has 0 radical (unpaired) electrons. The first-order valence-electron chi connectivity index (χ1n) is 8.67. The number of rotatable bonds is 6. The van der Waals surface area contributed by atoms with Crippen molar-refractivity contribution in [2.24, 2.45) is 0 Å². The number of methoxy groups -OCH3 is 2. The lowest BCUT2D eigenvalue weighted by molar-refractivity contribution is -0.116. The van der Waals surface area contributed by atoms with Crippen molar-refractivity contribution in [2.75, 3.05) is 19.5 Å². The maximum Gasteiger partial charge on any atom is 0.249 e. The molecule has 0 aliphatic heterocycles. The summed E-state index contributed by atoms with van der Waals surface area (Å²) >= 11 is 0. The highest BCUT2D eigenvalue weighted by Gasteiger charge is 2.13. The number of benzene rings is 2. The summed E-state index contributed by atoms with van der Waals surface area (Å²) in [6.45, 7) is 0.134. The van der Waals surface area contributed by atoms with Gasteiger partial charge in [0.1, 0.15) is 18.0 Å². The highest BCUT2D eigenvalue weighted by atomic mass is 16.5. The van der Waals surface area contributed by atoms with E-state index in [1.165, 1.54) is 0 Å². The molecule has 0 spiro atoms. The molecule has 0 aliphatic carbocycles. The van der Waals surface area contributed by atoms with Crippen molar-refractivity contribution in [3.8, 4) is 22.9 Å². The van der Waals surface area contributed by atoms with Gasteiger partial charge >= 0.3 is 0 Å². The first-order chi connectivity index (χ1) is 13.7. The number of anilines is 1. The van der Waals surface area contributed by atoms with Crippen LogP contribution >= 0.6 is 0 Å². The van der Waals surface area contributed by atoms with Gasteiger partial charge in [0.15, 0.2) is 5.82 Å². The van der Waals surface area contributed by atoms with E-state index < -0.39 is 0 Å². The van der Waals surface area contributed by atoms with Crippen LogP contribution in [-0.2, 0) is 11.3 Å². The lowest BCUT2D eigenvalue weighted by Gasteiger charge is -2.06. The fourth-order valence-electron chi connectivity index (χ4n) is 3.11. The maximum absolute atomic E-state index is 12.5. The molecular formula is C20H19N5O3. The van der Waals surface area contributed by atoms with Gasteiger partial charge in [-0.3, -0.25) is 15.2 Å². The van der Waals surface area contributed by atoms with Gasteiger partial charge in [0.05, 0.1) is 25.3 Å². The van der Waals surface area contributed by atoms with Crippen molar-refractivity contribution in [1.29, 1.82) is 0 Å². The molecule has 0 unspecified atom stereocenters. The second kappa shape index (κ2) is 7.43. The number of aromatic amines is 1. The molecule has 0 saturated heterocycles. The van der Waals surface area contributed by atoms with E-state index in [0.29, 0.717) is 11.6 Å². The number of carbonyl (C=O) groups is 1. The molecule has 8 nitrogen and oxygen atoms in total. The summed E-state index contributed by atoms with van der Waals surface area (Å²) in [4.78, 5) is 16.8. The molecule has 0 bridgehead atoms. The third kappa shape index (κ3) is 3.27. The lowest BCUT2D eigenvalue weighted by Crippen LogP contribution is -2.19. The summed E-state index contributed by atoms with van der Waals surface area (Å²) in [5.41, 5.74) is 1.68. The second-order valence-corrected chi connectivity index (χ2v) is 6.09. The average Bonchev–Trinajstić information content (AvgIpc) is 3.35. The molecule has 0 saturated carbocycles. The van der Waals surface area contributed by atoms with E-state index in [1.54, 1.807) is 14.2 Å². The number of nitrogens with one attached hydrogen (secondary N) is 2. The van der Waals surface area contributed by atoms with Crippen LogP contribution in [0.2, 0.25) is 0 Å². The van der Waals surface area contributed by atoms with Crippen molar-refractivity contribution in [1.82, 2.24) is 19.7 Å². The highest BCUT2D eigenvalue weighted by molar-refractivity contribution is 5.92. The molecule has 2 aromatic carbocycles. The molecule has 142 valence electrons. The number of aromatic nitrogens is 4. The summed E-state index contributed by atoms with van der Waals surface area (Å²) in [6.07, 6.45) is 1.85. The van der Waals surface area contributed by atoms with E-state index in [-0.39, 0.29) is 18.4 Å². The molecular weight excluding hydrogens is 358 g/mol. The van der Waals surface area contributed by atoms with Crippen LogP contribution in [0.5, 0.6) is 11.5 Å². The van der Waals surface area contributed by atoms with Crippen molar-refractivity contribution in [3.05, 3.63) is 54.7 Å². The largest absolute Gasteiger partial charge is 0.496 e. The van der Waals surface area contributed by atoms with Gasteiger partial charge in [0, 0.05) is 11.6 Å². The summed E-state index contributed by atoms with van der Waals surface area (Å²) in [5, 5.41) is 10.6. The van der Waals surface area contributed by atoms with E-state index in [0.717, 1.165) is 22.2 Å². The highest BCUT2D eigenvalue weighted by Crippen LogP contribution is 2.28. The minimum Gasteiger partial charge on any atom is -0.496 e. The Morgan fingerprint density at radius 1 is 1.07 bits per heavy atom. The van der Waals surface area contributed by atoms with Gasteiger partial charge < -0.3 is 14.0 Å². The average molecular weight is 377 g/mol. The van der Waals surface area contributed by atoms with E-state index in [2.05, 4.69) is 20.5 Å². The Balaban J connectivity index is 1.50. The minimum absolute atomic E-state index is 0.134. The lowest BCUT2D eigenvalue weighted by atomic mass is 10.2. The zero-order valence-electron chi connectivity index (χ0n) is 15.5. The Bertz CT molecular complexity index is 1130. The smallest absolute Gasteiger partial charge is 0.249 e. The zero-order chi connectivity index (χ0) is 19.5. The van der Waals surface area contributed by atoms with Gasteiger partial charge in [0.2, 0.25) is 11.9 Å². The number of carbonyl (C=O) groups excluding carboxylic acids is 1. The summed E-state index contributed by atoms with van der Waals surface area (Å²) in [6, 6.07) is 15.1. The van der Waals surface area contributed by atoms with Gasteiger partial charge in [-0.1, -0.05) is 18.2 Å². The fraction of sp³-hybridized carbons (Fsp3) is 0.150. The molecule has 8 heteroatoms. The number of fused-ring (bicyclic) bond motifs is 1. The van der Waals surface area contributed by atoms with Gasteiger partial charge in [-0.25, -0.2) is 0 Å². The summed E-state index contributed by atoms with van der Waals surface area (Å²) in [5.74, 6) is 1.94. The van der Waals surface area contributed by atoms with E-state index in [9.17, 15) is 4.79 Å². The molecule has 1 amide bonds. The zero-order valence-corrected chi connectivity index (χ0v) is 15.5. The molecule has 2 heterocycles. The molecule has 4 rings (SSSR count). The second-order valence-electron chi connectivity index (χ2n) is 6.09. The molecule has 2 N–H and O–H groups in total. The Morgan fingerprint density at radius 2 is 1.86 bits per heavy atom. The van der Waals surface area contributed by atoms with Crippen LogP contribution in [0.15, 0.2) is 54.7 Å². The van der Waals surface area contributed by atoms with Crippen LogP contribution in [0.3, 0.4) is 0 Å². The number of hydrogen-bond donors (Lipinski definition) is 2. The Labute approximate surface area is 161 Å². The molecule has 4 aromatic rings. The van der Waals surface area contributed by atoms with Crippen LogP contribution in [0, 0.1) is 0 Å². The predicted molar refractivity (Wildman–Crippen MR) is 105 cm³/mol. The standard InChI is InChI=1S/C20H19N5O3/c1-27-16-9-5-7-15-13(16)10-11-25(15)12-18(26)21-20-22-19(23-24-20)14-6-3-4-8-17(14)28-2/h3-11H,12H2,1-2H3,(H2,21,22,23,24,26). The van der Waals surface area contributed by atoms with Gasteiger partial charge in [-0.2, -0.15) is 4.98 Å². The van der Waals surface area contributed by atoms with Crippen molar-refractivity contribution < 1.29 is 14.3 Å². The first kappa shape index (κ1) is 17.6. The Hall–Kier alpha value is -3.81. The monoisotopic (exact) mass is 377 g/mol. The minimum atomic E-state index is -0.231. The number of para-hydroxylation sites is 1. The molecule has 0 fully saturated rings. The summed E-state index contributed by atoms with van der Waals surface area (Å²) < 4.78 is 12.5. The van der Waals surface area contributed by atoms with Crippen LogP contribution in [0.25, 0.3) is 22.3 Å². The molecule has 2 aromatic heterocycles. The predicted octanol–water partition coefficient (Wildman–Crippen LogP) is 3.08. The Morgan fingerprint density at radius 3 is 2.68 bits per heavy atom. The van der Waals surface area contributed by atoms with Crippen LogP contribution in [0.1, 0.15) is 0 Å². The van der Waals surface area contributed by atoms with Crippen molar-refractivity contribution in [2.45, 2.75) is 6.54 Å². The fourth-order valence-corrected chi connectivity index (χ4v) is 3.11. The number of hydrogen-bond acceptors (Lipinski definition) is 5. The van der Waals surface area contributed by atoms with Gasteiger partial charge in [-0.15, -0.1) is 5.10 Å². The molecule has 28 heavy (non-hydrogen) atoms. The molecule has 0 atom stereocenters. The van der Waals surface area contributed by atoms with Crippen molar-refractivity contribution in [3.63, 3.8) is 0 Å². The van der Waals surface area contributed by atoms with E-state index >= 15 is 0 Å². The van der Waals surface area contributed by atoms with Crippen LogP contribution in [0.4, 0.5) is 5.95 Å². The van der Waals surface area contributed by atoms with Crippen molar-refractivity contribution >= 4 is 22.8 Å². The number of ether oxygens (including phenoxy) is 2. The number of H-pyrrole nitrogens is 1. The SMILES string of the molecule is COc1ccccc1-c1nc(NC(=O)Cn2ccc3c(OC)cccc32)n[nH]1. The molecule has 0 aliphatic rings. The van der Waals surface area contributed by atoms with E-state index in [4.69, 9.17) is 9.47 Å². The third-order valence-corrected chi connectivity index (χ3v) is 4.41. The number of amides is 1. The van der Waals surface area contributed by atoms with Gasteiger partial charge in [-0.05, 0) is 30.3 Å². The topological polar surface area (TPSA) is 94.1 Å². The number of nitrogens with zero attached hydrogens (tertiary/aromatic N) is 3. The third-order valence-electron chi connectivity index (χ3n) is 4.41. The van der Waals surface area contributed by atoms with Crippen LogP contribution < -0.4 is 14.8 Å². The quantitative estimate of drug-likeness (QED) is 0.539. The first-order valence-corrected chi connectivity index (χ1v) is 8.67. The van der Waals surface area contributed by atoms with E-state index in [1.807, 2.05) is 59.3 Å². The van der Waals surface area contributed by atoms with Gasteiger partial charge in [0.25, 0.3) is 0 Å². The maximum atomic E-state index is 12.5. The normalized spacial score (nSPS) is 10.8. The summed E-state index contributed by atoms with van der Waals surface area (Å²) in [7, 11) is 3.22. The Kier molecular flexibility index (Phi) is 4.67.